The summed E-state index contributed by atoms with van der Waals surface area (Å²) in [6.07, 6.45) is 1.07. The van der Waals surface area contributed by atoms with E-state index in [1.54, 1.807) is 30.3 Å². The van der Waals surface area contributed by atoms with Gasteiger partial charge in [-0.1, -0.05) is 78.9 Å². The zero-order valence-electron chi connectivity index (χ0n) is 16.3. The fourth-order valence-electron chi connectivity index (χ4n) is 3.42. The summed E-state index contributed by atoms with van der Waals surface area (Å²) < 4.78 is 30.2. The first-order chi connectivity index (χ1) is 15.0. The number of sulfonamides is 1. The molecule has 0 aliphatic carbocycles. The Labute approximate surface area is 179 Å². The molecule has 1 aromatic heterocycles. The molecule has 0 spiro atoms. The Balaban J connectivity index is 1.93. The predicted octanol–water partition coefficient (Wildman–Crippen LogP) is 4.02. The van der Waals surface area contributed by atoms with Gasteiger partial charge in [0.15, 0.2) is 0 Å². The molecule has 4 aromatic rings. The zero-order chi connectivity index (χ0) is 21.8. The molecule has 3 aromatic carbocycles. The number of hydrogen-bond acceptors (Lipinski definition) is 4. The highest BCUT2D eigenvalue weighted by atomic mass is 32.2. The number of para-hydroxylation sites is 1. The lowest BCUT2D eigenvalue weighted by atomic mass is 9.98. The van der Waals surface area contributed by atoms with Gasteiger partial charge >= 0.3 is 5.97 Å². The third kappa shape index (κ3) is 4.19. The van der Waals surface area contributed by atoms with Crippen LogP contribution >= 0.6 is 0 Å². The van der Waals surface area contributed by atoms with E-state index >= 15 is 0 Å². The van der Waals surface area contributed by atoms with Crippen molar-refractivity contribution in [2.24, 2.45) is 0 Å². The van der Waals surface area contributed by atoms with Gasteiger partial charge in [0, 0.05) is 5.69 Å². The molecule has 156 valence electrons. The Kier molecular flexibility index (Phi) is 5.55. The number of nitrogens with one attached hydrogen (secondary N) is 1. The van der Waals surface area contributed by atoms with Crippen molar-refractivity contribution in [3.05, 3.63) is 114 Å². The van der Waals surface area contributed by atoms with Crippen LogP contribution in [-0.2, 0) is 10.0 Å². The summed E-state index contributed by atoms with van der Waals surface area (Å²) in [5.41, 5.74) is 1.58. The molecule has 0 saturated carbocycles. The summed E-state index contributed by atoms with van der Waals surface area (Å²) in [7, 11) is -4.18. The highest BCUT2D eigenvalue weighted by molar-refractivity contribution is 7.92. The minimum Gasteiger partial charge on any atom is -0.477 e. The van der Waals surface area contributed by atoms with Crippen LogP contribution < -0.4 is 4.72 Å². The maximum absolute atomic E-state index is 13.2. The molecule has 0 bridgehead atoms. The van der Waals surface area contributed by atoms with Crippen LogP contribution in [-0.4, -0.2) is 29.0 Å². The van der Waals surface area contributed by atoms with Gasteiger partial charge in [0.1, 0.15) is 5.69 Å². The molecule has 0 radical (unpaired) electrons. The number of anilines is 1. The molecule has 0 aliphatic heterocycles. The standard InChI is InChI=1S/C23H19N3O4S/c27-22(28)20-16-24-23(31(29,30)25-19-14-8-3-9-15-19)26(20)21(17-10-4-1-5-11-17)18-12-6-2-7-13-18/h1-16,21,25H,(H,27,28). The first-order valence-electron chi connectivity index (χ1n) is 9.45. The van der Waals surface area contributed by atoms with E-state index in [2.05, 4.69) is 9.71 Å². The first-order valence-corrected chi connectivity index (χ1v) is 10.9. The quantitative estimate of drug-likeness (QED) is 0.458. The van der Waals surface area contributed by atoms with Crippen molar-refractivity contribution >= 4 is 21.7 Å². The van der Waals surface area contributed by atoms with Gasteiger partial charge in [-0.15, -0.1) is 0 Å². The van der Waals surface area contributed by atoms with Gasteiger partial charge in [-0.25, -0.2) is 9.78 Å². The molecule has 8 heteroatoms. The van der Waals surface area contributed by atoms with Crippen LogP contribution in [0.1, 0.15) is 27.7 Å². The second kappa shape index (κ2) is 8.45. The van der Waals surface area contributed by atoms with Crippen LogP contribution in [0.25, 0.3) is 0 Å². The van der Waals surface area contributed by atoms with Crippen molar-refractivity contribution in [1.82, 2.24) is 9.55 Å². The van der Waals surface area contributed by atoms with Gasteiger partial charge in [-0.2, -0.15) is 8.42 Å². The van der Waals surface area contributed by atoms with E-state index in [4.69, 9.17) is 0 Å². The maximum Gasteiger partial charge on any atom is 0.354 e. The summed E-state index contributed by atoms with van der Waals surface area (Å²) in [5.74, 6) is -1.27. The van der Waals surface area contributed by atoms with E-state index in [-0.39, 0.29) is 10.9 Å². The normalized spacial score (nSPS) is 11.4. The van der Waals surface area contributed by atoms with Gasteiger partial charge in [-0.3, -0.25) is 9.29 Å². The molecule has 7 nitrogen and oxygen atoms in total. The molecule has 0 amide bonds. The number of rotatable bonds is 7. The fraction of sp³-hybridized carbons (Fsp3) is 0.0435. The van der Waals surface area contributed by atoms with Crippen LogP contribution in [0.4, 0.5) is 5.69 Å². The van der Waals surface area contributed by atoms with E-state index in [1.807, 2.05) is 60.7 Å². The Morgan fingerprint density at radius 2 is 1.32 bits per heavy atom. The van der Waals surface area contributed by atoms with Crippen molar-refractivity contribution < 1.29 is 18.3 Å². The summed E-state index contributed by atoms with van der Waals surface area (Å²) >= 11 is 0. The van der Waals surface area contributed by atoms with E-state index in [0.717, 1.165) is 17.3 Å². The zero-order valence-corrected chi connectivity index (χ0v) is 17.1. The second-order valence-corrected chi connectivity index (χ2v) is 8.37. The number of aromatic carboxylic acids is 1. The van der Waals surface area contributed by atoms with Crippen LogP contribution in [0, 0.1) is 0 Å². The maximum atomic E-state index is 13.2. The number of hydrogen-bond donors (Lipinski definition) is 2. The number of aromatic nitrogens is 2. The van der Waals surface area contributed by atoms with Gasteiger partial charge in [0.2, 0.25) is 5.16 Å². The van der Waals surface area contributed by atoms with Crippen molar-refractivity contribution in [1.29, 1.82) is 0 Å². The number of carbonyl (C=O) groups is 1. The molecular formula is C23H19N3O4S. The van der Waals surface area contributed by atoms with E-state index in [9.17, 15) is 18.3 Å². The monoisotopic (exact) mass is 433 g/mol. The average molecular weight is 433 g/mol. The largest absolute Gasteiger partial charge is 0.477 e. The second-order valence-electron chi connectivity index (χ2n) is 6.80. The Bertz CT molecular complexity index is 1250. The molecule has 4 rings (SSSR count). The molecule has 2 N–H and O–H groups in total. The highest BCUT2D eigenvalue weighted by Crippen LogP contribution is 2.31. The molecule has 0 unspecified atom stereocenters. The van der Waals surface area contributed by atoms with Crippen molar-refractivity contribution in [2.75, 3.05) is 4.72 Å². The minimum atomic E-state index is -4.18. The number of benzene rings is 3. The smallest absolute Gasteiger partial charge is 0.354 e. The summed E-state index contributed by atoms with van der Waals surface area (Å²) in [4.78, 5) is 16.0. The summed E-state index contributed by atoms with van der Waals surface area (Å²) in [6.45, 7) is 0. The molecular weight excluding hydrogens is 414 g/mol. The molecule has 31 heavy (non-hydrogen) atoms. The molecule has 0 aliphatic rings. The van der Waals surface area contributed by atoms with Gasteiger partial charge in [0.05, 0.1) is 12.2 Å². The lowest BCUT2D eigenvalue weighted by Crippen LogP contribution is -2.25. The van der Waals surface area contributed by atoms with Gasteiger partial charge in [0.25, 0.3) is 10.0 Å². The third-order valence-corrected chi connectivity index (χ3v) is 6.02. The van der Waals surface area contributed by atoms with Crippen LogP contribution in [0.2, 0.25) is 0 Å². The topological polar surface area (TPSA) is 101 Å². The minimum absolute atomic E-state index is 0.230. The van der Waals surface area contributed by atoms with E-state index in [1.165, 1.54) is 4.57 Å². The molecule has 1 heterocycles. The number of imidazole rings is 1. The van der Waals surface area contributed by atoms with Gasteiger partial charge in [-0.05, 0) is 23.3 Å². The van der Waals surface area contributed by atoms with Crippen LogP contribution in [0.3, 0.4) is 0 Å². The lowest BCUT2D eigenvalue weighted by molar-refractivity contribution is 0.0683. The summed E-state index contributed by atoms with van der Waals surface area (Å²) in [5, 5.41) is 9.42. The lowest BCUT2D eigenvalue weighted by Gasteiger charge is -2.23. The molecule has 0 fully saturated rings. The van der Waals surface area contributed by atoms with Crippen molar-refractivity contribution in [2.45, 2.75) is 11.2 Å². The van der Waals surface area contributed by atoms with E-state index < -0.39 is 22.0 Å². The Hall–Kier alpha value is -3.91. The number of nitrogens with zero attached hydrogens (tertiary/aromatic N) is 2. The molecule has 0 saturated heterocycles. The van der Waals surface area contributed by atoms with E-state index in [0.29, 0.717) is 5.69 Å². The van der Waals surface area contributed by atoms with Crippen molar-refractivity contribution in [3.63, 3.8) is 0 Å². The SMILES string of the molecule is O=C(O)c1cnc(S(=O)(=O)Nc2ccccc2)n1C(c1ccccc1)c1ccccc1. The predicted molar refractivity (Wildman–Crippen MR) is 117 cm³/mol. The third-order valence-electron chi connectivity index (χ3n) is 4.74. The number of carboxylic acids is 1. The number of carboxylic acid groups (broad SMARTS) is 1. The Morgan fingerprint density at radius 1 is 0.839 bits per heavy atom. The Morgan fingerprint density at radius 3 is 1.81 bits per heavy atom. The van der Waals surface area contributed by atoms with Crippen LogP contribution in [0.15, 0.2) is 102 Å². The summed E-state index contributed by atoms with van der Waals surface area (Å²) in [6, 6.07) is 25.9. The van der Waals surface area contributed by atoms with Crippen molar-refractivity contribution in [3.8, 4) is 0 Å². The van der Waals surface area contributed by atoms with Gasteiger partial charge < -0.3 is 5.11 Å². The molecule has 0 atom stereocenters. The first kappa shape index (κ1) is 20.4. The fourth-order valence-corrected chi connectivity index (χ4v) is 4.61. The average Bonchev–Trinajstić information content (AvgIpc) is 3.22. The highest BCUT2D eigenvalue weighted by Gasteiger charge is 2.31. The van der Waals surface area contributed by atoms with Crippen LogP contribution in [0.5, 0.6) is 0 Å².